The molecule has 2 aliphatic rings. The molecule has 3 heterocycles. The Balaban J connectivity index is 1.61. The average molecular weight is 262 g/mol. The van der Waals surface area contributed by atoms with E-state index in [-0.39, 0.29) is 0 Å². The molecular formula is C15H26N4. The first-order valence-corrected chi connectivity index (χ1v) is 7.59. The highest BCUT2D eigenvalue weighted by Gasteiger charge is 2.42. The maximum atomic E-state index is 4.28. The quantitative estimate of drug-likeness (QED) is 0.826. The highest BCUT2D eigenvalue weighted by atomic mass is 15.3. The summed E-state index contributed by atoms with van der Waals surface area (Å²) in [5.41, 5.74) is 1.35. The summed E-state index contributed by atoms with van der Waals surface area (Å²) in [5, 5.41) is 4.28. The molecule has 1 aromatic rings. The largest absolute Gasteiger partial charge is 0.298 e. The van der Waals surface area contributed by atoms with Crippen molar-refractivity contribution in [3.63, 3.8) is 0 Å². The molecule has 0 N–H and O–H groups in total. The Morgan fingerprint density at radius 2 is 1.89 bits per heavy atom. The number of rotatable bonds is 4. The van der Waals surface area contributed by atoms with Gasteiger partial charge in [0.25, 0.3) is 0 Å². The number of nitrogens with zero attached hydrogens (tertiary/aromatic N) is 4. The van der Waals surface area contributed by atoms with Crippen molar-refractivity contribution < 1.29 is 0 Å². The number of fused-ring (bicyclic) bond motifs is 1. The van der Waals surface area contributed by atoms with E-state index in [2.05, 4.69) is 34.9 Å². The van der Waals surface area contributed by atoms with Crippen LogP contribution in [0.1, 0.15) is 32.3 Å². The van der Waals surface area contributed by atoms with Crippen LogP contribution >= 0.6 is 0 Å². The minimum absolute atomic E-state index is 0.777. The summed E-state index contributed by atoms with van der Waals surface area (Å²) < 4.78 is 1.91. The van der Waals surface area contributed by atoms with E-state index in [0.717, 1.165) is 24.5 Å². The van der Waals surface area contributed by atoms with Crippen molar-refractivity contribution >= 4 is 0 Å². The zero-order valence-corrected chi connectivity index (χ0v) is 12.4. The monoisotopic (exact) mass is 262 g/mol. The first kappa shape index (κ1) is 13.1. The van der Waals surface area contributed by atoms with E-state index in [9.17, 15) is 0 Å². The molecule has 0 aromatic carbocycles. The van der Waals surface area contributed by atoms with Crippen LogP contribution in [0.25, 0.3) is 0 Å². The van der Waals surface area contributed by atoms with Gasteiger partial charge in [0.05, 0.1) is 6.20 Å². The number of hydrogen-bond acceptors (Lipinski definition) is 3. The normalized spacial score (nSPS) is 28.4. The van der Waals surface area contributed by atoms with Crippen molar-refractivity contribution in [3.05, 3.63) is 18.0 Å². The third-order valence-electron chi connectivity index (χ3n) is 4.55. The van der Waals surface area contributed by atoms with Crippen LogP contribution in [0.4, 0.5) is 0 Å². The second-order valence-corrected chi connectivity index (χ2v) is 6.59. The van der Waals surface area contributed by atoms with Crippen LogP contribution in [-0.4, -0.2) is 51.3 Å². The maximum absolute atomic E-state index is 4.28. The number of aryl methyl sites for hydroxylation is 1. The Hall–Kier alpha value is -0.870. The number of likely N-dealkylation sites (tertiary alicyclic amines) is 2. The molecule has 0 radical (unpaired) electrons. The molecule has 0 bridgehead atoms. The molecule has 0 amide bonds. The smallest absolute Gasteiger partial charge is 0.0534 e. The van der Waals surface area contributed by atoms with Crippen LogP contribution in [0.5, 0.6) is 0 Å². The highest BCUT2D eigenvalue weighted by Crippen LogP contribution is 2.32. The molecular weight excluding hydrogens is 236 g/mol. The maximum Gasteiger partial charge on any atom is 0.0534 e. The summed E-state index contributed by atoms with van der Waals surface area (Å²) in [6.07, 6.45) is 6.84. The van der Waals surface area contributed by atoms with Crippen LogP contribution in [-0.2, 0) is 13.6 Å². The lowest BCUT2D eigenvalue weighted by Crippen LogP contribution is -2.37. The fourth-order valence-corrected chi connectivity index (χ4v) is 3.84. The van der Waals surface area contributed by atoms with E-state index < -0.39 is 0 Å². The summed E-state index contributed by atoms with van der Waals surface area (Å²) in [6, 6.07) is 1.58. The second kappa shape index (κ2) is 5.25. The zero-order chi connectivity index (χ0) is 13.4. The molecule has 2 fully saturated rings. The lowest BCUT2D eigenvalue weighted by Gasteiger charge is -2.26. The minimum atomic E-state index is 0.777. The predicted octanol–water partition coefficient (Wildman–Crippen LogP) is 1.72. The van der Waals surface area contributed by atoms with E-state index in [1.54, 1.807) is 0 Å². The summed E-state index contributed by atoms with van der Waals surface area (Å²) in [7, 11) is 2.00. The molecule has 0 spiro atoms. The van der Waals surface area contributed by atoms with E-state index in [1.807, 2.05) is 17.9 Å². The fraction of sp³-hybridized carbons (Fsp3) is 0.800. The van der Waals surface area contributed by atoms with Gasteiger partial charge in [-0.3, -0.25) is 14.5 Å². The highest BCUT2D eigenvalue weighted by molar-refractivity contribution is 5.07. The fourth-order valence-electron chi connectivity index (χ4n) is 3.84. The Morgan fingerprint density at radius 1 is 1.21 bits per heavy atom. The summed E-state index contributed by atoms with van der Waals surface area (Å²) in [5.74, 6) is 0.783. The van der Waals surface area contributed by atoms with Gasteiger partial charge in [0, 0.05) is 57.1 Å². The van der Waals surface area contributed by atoms with Crippen LogP contribution in [0.15, 0.2) is 12.4 Å². The van der Waals surface area contributed by atoms with E-state index in [1.165, 1.54) is 38.0 Å². The van der Waals surface area contributed by atoms with Crippen molar-refractivity contribution in [3.8, 4) is 0 Å². The van der Waals surface area contributed by atoms with E-state index >= 15 is 0 Å². The first-order valence-electron chi connectivity index (χ1n) is 7.59. The first-order chi connectivity index (χ1) is 9.13. The van der Waals surface area contributed by atoms with Crippen molar-refractivity contribution in [2.24, 2.45) is 13.0 Å². The number of hydrogen-bond donors (Lipinski definition) is 0. The van der Waals surface area contributed by atoms with Gasteiger partial charge >= 0.3 is 0 Å². The van der Waals surface area contributed by atoms with Gasteiger partial charge in [-0.05, 0) is 18.8 Å². The van der Waals surface area contributed by atoms with Crippen molar-refractivity contribution in [2.45, 2.75) is 45.3 Å². The van der Waals surface area contributed by atoms with Gasteiger partial charge in [0.2, 0.25) is 0 Å². The van der Waals surface area contributed by atoms with Gasteiger partial charge in [-0.1, -0.05) is 13.8 Å². The van der Waals surface area contributed by atoms with Gasteiger partial charge in [-0.25, -0.2) is 0 Å². The Morgan fingerprint density at radius 3 is 2.53 bits per heavy atom. The molecule has 106 valence electrons. The van der Waals surface area contributed by atoms with Crippen molar-refractivity contribution in [2.75, 3.05) is 19.6 Å². The molecule has 2 atom stereocenters. The van der Waals surface area contributed by atoms with Crippen LogP contribution in [0.3, 0.4) is 0 Å². The molecule has 4 heteroatoms. The van der Waals surface area contributed by atoms with Crippen LogP contribution in [0.2, 0.25) is 0 Å². The Labute approximate surface area is 116 Å². The van der Waals surface area contributed by atoms with E-state index in [0.29, 0.717) is 0 Å². The average Bonchev–Trinajstić information content (AvgIpc) is 3.00. The Kier molecular flexibility index (Phi) is 3.63. The Bertz CT molecular complexity index is 426. The number of aromatic nitrogens is 2. The van der Waals surface area contributed by atoms with E-state index in [4.69, 9.17) is 0 Å². The molecule has 3 rings (SSSR count). The summed E-state index contributed by atoms with van der Waals surface area (Å²) in [6.45, 7) is 9.54. The SMILES string of the molecule is CC(C)CN1CC[C@@H]2[C@@H]1CCN2Cc1cnn(C)c1. The zero-order valence-electron chi connectivity index (χ0n) is 12.4. The van der Waals surface area contributed by atoms with Gasteiger partial charge in [0.15, 0.2) is 0 Å². The second-order valence-electron chi connectivity index (χ2n) is 6.59. The van der Waals surface area contributed by atoms with Crippen molar-refractivity contribution in [1.29, 1.82) is 0 Å². The molecule has 0 aliphatic carbocycles. The molecule has 1 aromatic heterocycles. The molecule has 2 aliphatic heterocycles. The molecule has 0 saturated carbocycles. The van der Waals surface area contributed by atoms with Crippen LogP contribution < -0.4 is 0 Å². The van der Waals surface area contributed by atoms with Gasteiger partial charge in [0.1, 0.15) is 0 Å². The third kappa shape index (κ3) is 2.70. The lowest BCUT2D eigenvalue weighted by atomic mass is 10.1. The van der Waals surface area contributed by atoms with Crippen LogP contribution in [0, 0.1) is 5.92 Å². The molecule has 4 nitrogen and oxygen atoms in total. The summed E-state index contributed by atoms with van der Waals surface area (Å²) in [4.78, 5) is 5.39. The minimum Gasteiger partial charge on any atom is -0.298 e. The standard InChI is InChI=1S/C15H26N4/c1-12(2)9-18-6-4-15-14(18)5-7-19(15)11-13-8-16-17(3)10-13/h8,10,12,14-15H,4-7,9,11H2,1-3H3/t14-,15+/m0/s1. The van der Waals surface area contributed by atoms with Crippen molar-refractivity contribution in [1.82, 2.24) is 19.6 Å². The van der Waals surface area contributed by atoms with Gasteiger partial charge < -0.3 is 0 Å². The third-order valence-corrected chi connectivity index (χ3v) is 4.55. The molecule has 19 heavy (non-hydrogen) atoms. The summed E-state index contributed by atoms with van der Waals surface area (Å²) >= 11 is 0. The predicted molar refractivity (Wildman–Crippen MR) is 76.8 cm³/mol. The molecule has 0 unspecified atom stereocenters. The lowest BCUT2D eigenvalue weighted by molar-refractivity contribution is 0.203. The molecule has 2 saturated heterocycles. The topological polar surface area (TPSA) is 24.3 Å². The van der Waals surface area contributed by atoms with Gasteiger partial charge in [-0.2, -0.15) is 5.10 Å². The van der Waals surface area contributed by atoms with Gasteiger partial charge in [-0.15, -0.1) is 0 Å².